The molecule has 1 aromatic heterocycles. The van der Waals surface area contributed by atoms with Crippen molar-refractivity contribution in [1.29, 1.82) is 0 Å². The van der Waals surface area contributed by atoms with Crippen LogP contribution in [0.3, 0.4) is 0 Å². The molecule has 0 bridgehead atoms. The Kier molecular flexibility index (Phi) is 5.71. The average molecular weight is 394 g/mol. The van der Waals surface area contributed by atoms with E-state index in [1.165, 1.54) is 11.0 Å². The van der Waals surface area contributed by atoms with Crippen molar-refractivity contribution in [3.8, 4) is 0 Å². The number of halogens is 3. The van der Waals surface area contributed by atoms with Crippen molar-refractivity contribution in [2.75, 3.05) is 18.0 Å². The van der Waals surface area contributed by atoms with Crippen molar-refractivity contribution in [1.82, 2.24) is 15.1 Å². The van der Waals surface area contributed by atoms with Crippen LogP contribution in [0.4, 0.5) is 18.9 Å². The van der Waals surface area contributed by atoms with Gasteiger partial charge in [-0.25, -0.2) is 0 Å². The third kappa shape index (κ3) is 4.71. The van der Waals surface area contributed by atoms with Crippen molar-refractivity contribution in [2.24, 2.45) is 5.92 Å². The molecule has 9 heteroatoms. The van der Waals surface area contributed by atoms with Crippen LogP contribution in [0.25, 0.3) is 0 Å². The standard InChI is InChI=1S/C19H21F3N4O2/c1-13(12-25-6-3-5-24-25)11-23-18(28)14-8-15(19(20,21)22)10-16(9-14)26-7-2-4-17(26)27/h3,5-6,8-10,13H,2,4,7,11-12H2,1H3,(H,23,28)/t13-/m1/s1. The Hall–Kier alpha value is -2.84. The third-order valence-electron chi connectivity index (χ3n) is 4.56. The molecule has 0 aliphatic carbocycles. The van der Waals surface area contributed by atoms with Gasteiger partial charge in [0.2, 0.25) is 5.91 Å². The van der Waals surface area contributed by atoms with E-state index in [4.69, 9.17) is 0 Å². The summed E-state index contributed by atoms with van der Waals surface area (Å²) in [6.07, 6.45) is -0.287. The summed E-state index contributed by atoms with van der Waals surface area (Å²) in [5.74, 6) is -0.806. The SMILES string of the molecule is C[C@H](CNC(=O)c1cc(N2CCCC2=O)cc(C(F)(F)F)c1)Cn1cccn1. The van der Waals surface area contributed by atoms with E-state index in [1.54, 1.807) is 23.1 Å². The first-order valence-electron chi connectivity index (χ1n) is 9.02. The maximum absolute atomic E-state index is 13.3. The van der Waals surface area contributed by atoms with Crippen molar-refractivity contribution in [3.63, 3.8) is 0 Å². The lowest BCUT2D eigenvalue weighted by Gasteiger charge is -2.19. The minimum absolute atomic E-state index is 0.0364. The summed E-state index contributed by atoms with van der Waals surface area (Å²) >= 11 is 0. The molecule has 1 atom stereocenters. The minimum Gasteiger partial charge on any atom is -0.352 e. The van der Waals surface area contributed by atoms with E-state index in [-0.39, 0.29) is 29.6 Å². The van der Waals surface area contributed by atoms with Crippen LogP contribution in [0.15, 0.2) is 36.7 Å². The number of nitrogens with zero attached hydrogens (tertiary/aromatic N) is 3. The number of nitrogens with one attached hydrogen (secondary N) is 1. The first kappa shape index (κ1) is 19.9. The Morgan fingerprint density at radius 2 is 2.11 bits per heavy atom. The Morgan fingerprint density at radius 1 is 1.32 bits per heavy atom. The van der Waals surface area contributed by atoms with Crippen LogP contribution in [-0.2, 0) is 17.5 Å². The molecule has 2 heterocycles. The maximum atomic E-state index is 13.3. The number of hydrogen-bond donors (Lipinski definition) is 1. The van der Waals surface area contributed by atoms with Gasteiger partial charge >= 0.3 is 6.18 Å². The second kappa shape index (κ2) is 8.04. The van der Waals surface area contributed by atoms with E-state index in [0.29, 0.717) is 25.9 Å². The van der Waals surface area contributed by atoms with Gasteiger partial charge in [0.15, 0.2) is 0 Å². The first-order chi connectivity index (χ1) is 13.2. The fourth-order valence-electron chi connectivity index (χ4n) is 3.14. The summed E-state index contributed by atoms with van der Waals surface area (Å²) in [6.45, 7) is 3.11. The van der Waals surface area contributed by atoms with Crippen LogP contribution >= 0.6 is 0 Å². The van der Waals surface area contributed by atoms with E-state index < -0.39 is 17.6 Å². The number of anilines is 1. The topological polar surface area (TPSA) is 67.2 Å². The Bertz CT molecular complexity index is 849. The molecule has 0 spiro atoms. The zero-order chi connectivity index (χ0) is 20.3. The average Bonchev–Trinajstić information content (AvgIpc) is 3.30. The highest BCUT2D eigenvalue weighted by Gasteiger charge is 2.33. The van der Waals surface area contributed by atoms with Gasteiger partial charge in [-0.2, -0.15) is 18.3 Å². The first-order valence-corrected chi connectivity index (χ1v) is 9.02. The van der Waals surface area contributed by atoms with E-state index in [1.807, 2.05) is 6.92 Å². The number of hydrogen-bond acceptors (Lipinski definition) is 3. The molecule has 1 fully saturated rings. The normalized spacial score (nSPS) is 15.7. The molecular formula is C19H21F3N4O2. The van der Waals surface area contributed by atoms with E-state index in [0.717, 1.165) is 12.1 Å². The van der Waals surface area contributed by atoms with Crippen LogP contribution in [0.5, 0.6) is 0 Å². The van der Waals surface area contributed by atoms with Gasteiger partial charge < -0.3 is 10.2 Å². The summed E-state index contributed by atoms with van der Waals surface area (Å²) in [6, 6.07) is 4.86. The van der Waals surface area contributed by atoms with Gasteiger partial charge in [0, 0.05) is 49.7 Å². The number of amides is 2. The fraction of sp³-hybridized carbons (Fsp3) is 0.421. The molecule has 6 nitrogen and oxygen atoms in total. The van der Waals surface area contributed by atoms with Crippen LogP contribution in [0.2, 0.25) is 0 Å². The summed E-state index contributed by atoms with van der Waals surface area (Å²) in [5.41, 5.74) is -0.956. The zero-order valence-electron chi connectivity index (χ0n) is 15.4. The third-order valence-corrected chi connectivity index (χ3v) is 4.56. The zero-order valence-corrected chi connectivity index (χ0v) is 15.4. The second-order valence-corrected chi connectivity index (χ2v) is 6.96. The molecule has 0 unspecified atom stereocenters. The van der Waals surface area contributed by atoms with Crippen LogP contribution in [0.1, 0.15) is 35.7 Å². The van der Waals surface area contributed by atoms with Gasteiger partial charge in [0.1, 0.15) is 0 Å². The van der Waals surface area contributed by atoms with Gasteiger partial charge in [-0.1, -0.05) is 6.92 Å². The molecule has 2 amide bonds. The number of aromatic nitrogens is 2. The maximum Gasteiger partial charge on any atom is 0.416 e. The lowest BCUT2D eigenvalue weighted by Crippen LogP contribution is -2.31. The summed E-state index contributed by atoms with van der Waals surface area (Å²) in [5, 5.41) is 6.75. The van der Waals surface area contributed by atoms with E-state index in [2.05, 4.69) is 10.4 Å². The van der Waals surface area contributed by atoms with Gasteiger partial charge in [-0.05, 0) is 36.6 Å². The molecule has 1 aromatic carbocycles. The summed E-state index contributed by atoms with van der Waals surface area (Å²) < 4.78 is 41.5. The Labute approximate surface area is 160 Å². The monoisotopic (exact) mass is 394 g/mol. The predicted octanol–water partition coefficient (Wildman–Crippen LogP) is 3.09. The minimum atomic E-state index is -4.61. The summed E-state index contributed by atoms with van der Waals surface area (Å²) in [7, 11) is 0. The number of benzene rings is 1. The molecular weight excluding hydrogens is 373 g/mol. The molecule has 1 N–H and O–H groups in total. The van der Waals surface area contributed by atoms with Crippen LogP contribution in [-0.4, -0.2) is 34.7 Å². The highest BCUT2D eigenvalue weighted by molar-refractivity contribution is 5.99. The molecule has 28 heavy (non-hydrogen) atoms. The lowest BCUT2D eigenvalue weighted by molar-refractivity contribution is -0.137. The highest BCUT2D eigenvalue weighted by Crippen LogP contribution is 2.34. The number of alkyl halides is 3. The highest BCUT2D eigenvalue weighted by atomic mass is 19.4. The molecule has 0 radical (unpaired) electrons. The Balaban J connectivity index is 1.75. The predicted molar refractivity (Wildman–Crippen MR) is 96.8 cm³/mol. The van der Waals surface area contributed by atoms with E-state index in [9.17, 15) is 22.8 Å². The van der Waals surface area contributed by atoms with Crippen molar-refractivity contribution in [3.05, 3.63) is 47.8 Å². The Morgan fingerprint density at radius 3 is 2.71 bits per heavy atom. The molecule has 3 rings (SSSR count). The molecule has 1 aliphatic rings. The smallest absolute Gasteiger partial charge is 0.352 e. The number of rotatable bonds is 6. The lowest BCUT2D eigenvalue weighted by atomic mass is 10.1. The van der Waals surface area contributed by atoms with Gasteiger partial charge in [-0.3, -0.25) is 14.3 Å². The molecule has 150 valence electrons. The van der Waals surface area contributed by atoms with Crippen LogP contribution in [0, 0.1) is 5.92 Å². The summed E-state index contributed by atoms with van der Waals surface area (Å²) in [4.78, 5) is 25.7. The van der Waals surface area contributed by atoms with E-state index >= 15 is 0 Å². The number of carbonyl (C=O) groups is 2. The fourth-order valence-corrected chi connectivity index (χ4v) is 3.14. The van der Waals surface area contributed by atoms with Crippen LogP contribution < -0.4 is 10.2 Å². The largest absolute Gasteiger partial charge is 0.416 e. The quantitative estimate of drug-likeness (QED) is 0.819. The van der Waals surface area contributed by atoms with Gasteiger partial charge in [0.25, 0.3) is 5.91 Å². The van der Waals surface area contributed by atoms with Crippen molar-refractivity contribution >= 4 is 17.5 Å². The molecule has 2 aromatic rings. The van der Waals surface area contributed by atoms with Crippen molar-refractivity contribution in [2.45, 2.75) is 32.5 Å². The van der Waals surface area contributed by atoms with Gasteiger partial charge in [-0.15, -0.1) is 0 Å². The van der Waals surface area contributed by atoms with Gasteiger partial charge in [0.05, 0.1) is 5.56 Å². The number of carbonyl (C=O) groups excluding carboxylic acids is 2. The van der Waals surface area contributed by atoms with Crippen molar-refractivity contribution < 1.29 is 22.8 Å². The molecule has 1 aliphatic heterocycles. The molecule has 1 saturated heterocycles. The second-order valence-electron chi connectivity index (χ2n) is 6.96. The molecule has 0 saturated carbocycles.